The van der Waals surface area contributed by atoms with Gasteiger partial charge in [0.2, 0.25) is 5.91 Å². The molecule has 0 heterocycles. The number of halogens is 1. The van der Waals surface area contributed by atoms with E-state index in [9.17, 15) is 4.79 Å². The van der Waals surface area contributed by atoms with Crippen molar-refractivity contribution in [3.05, 3.63) is 58.1 Å². The predicted molar refractivity (Wildman–Crippen MR) is 95.5 cm³/mol. The molecule has 0 saturated carbocycles. The van der Waals surface area contributed by atoms with Crippen LogP contribution in [0.5, 0.6) is 5.75 Å². The number of carbonyl (C=O) groups excluding carboxylic acids is 1. The zero-order valence-corrected chi connectivity index (χ0v) is 14.5. The third-order valence-electron chi connectivity index (χ3n) is 3.82. The molecule has 0 unspecified atom stereocenters. The summed E-state index contributed by atoms with van der Waals surface area (Å²) in [7, 11) is 0. The van der Waals surface area contributed by atoms with Crippen LogP contribution in [0.25, 0.3) is 0 Å². The topological polar surface area (TPSA) is 38.3 Å². The Morgan fingerprint density at radius 1 is 1.13 bits per heavy atom. The molecule has 23 heavy (non-hydrogen) atoms. The normalized spacial score (nSPS) is 10.4. The lowest BCUT2D eigenvalue weighted by Gasteiger charge is -2.11. The molecule has 0 fully saturated rings. The lowest BCUT2D eigenvalue weighted by molar-refractivity contribution is -0.116. The highest BCUT2D eigenvalue weighted by molar-refractivity contribution is 6.31. The highest BCUT2D eigenvalue weighted by Crippen LogP contribution is 2.21. The van der Waals surface area contributed by atoms with Gasteiger partial charge in [-0.15, -0.1) is 0 Å². The van der Waals surface area contributed by atoms with Crippen LogP contribution in [0.1, 0.15) is 29.5 Å². The van der Waals surface area contributed by atoms with Crippen molar-refractivity contribution < 1.29 is 9.53 Å². The Labute approximate surface area is 142 Å². The molecule has 0 saturated heterocycles. The van der Waals surface area contributed by atoms with Crippen LogP contribution in [0.3, 0.4) is 0 Å². The summed E-state index contributed by atoms with van der Waals surface area (Å²) in [5.41, 5.74) is 4.07. The van der Waals surface area contributed by atoms with E-state index in [1.54, 1.807) is 6.07 Å². The van der Waals surface area contributed by atoms with Gasteiger partial charge < -0.3 is 10.1 Å². The molecule has 2 aromatic rings. The van der Waals surface area contributed by atoms with Gasteiger partial charge in [0, 0.05) is 17.1 Å². The summed E-state index contributed by atoms with van der Waals surface area (Å²) >= 11 is 6.05. The van der Waals surface area contributed by atoms with Crippen LogP contribution in [0.2, 0.25) is 5.02 Å². The number of hydrogen-bond donors (Lipinski definition) is 1. The second kappa shape index (κ2) is 8.02. The predicted octanol–water partition coefficient (Wildman–Crippen LogP) is 5.06. The summed E-state index contributed by atoms with van der Waals surface area (Å²) in [6.07, 6.45) is 1.08. The number of hydrogen-bond acceptors (Lipinski definition) is 2. The first-order chi connectivity index (χ1) is 11.0. The van der Waals surface area contributed by atoms with Crippen molar-refractivity contribution in [2.75, 3.05) is 11.9 Å². The molecule has 2 aromatic carbocycles. The van der Waals surface area contributed by atoms with Crippen molar-refractivity contribution in [2.45, 2.75) is 33.6 Å². The maximum Gasteiger partial charge on any atom is 0.224 e. The Morgan fingerprint density at radius 2 is 1.91 bits per heavy atom. The van der Waals surface area contributed by atoms with Gasteiger partial charge in [-0.3, -0.25) is 4.79 Å². The van der Waals surface area contributed by atoms with Crippen LogP contribution in [0.15, 0.2) is 36.4 Å². The molecule has 0 aliphatic heterocycles. The molecule has 0 bridgehead atoms. The highest BCUT2D eigenvalue weighted by Gasteiger charge is 2.05. The van der Waals surface area contributed by atoms with Crippen molar-refractivity contribution in [2.24, 2.45) is 0 Å². The molecule has 0 radical (unpaired) electrons. The van der Waals surface area contributed by atoms with Crippen LogP contribution >= 0.6 is 11.6 Å². The Kier molecular flexibility index (Phi) is 6.05. The second-order valence-corrected chi connectivity index (χ2v) is 6.07. The minimum Gasteiger partial charge on any atom is -0.493 e. The summed E-state index contributed by atoms with van der Waals surface area (Å²) in [4.78, 5) is 11.9. The molecular weight excluding hydrogens is 310 g/mol. The van der Waals surface area contributed by atoms with Gasteiger partial charge in [0.15, 0.2) is 0 Å². The van der Waals surface area contributed by atoms with Gasteiger partial charge in [-0.2, -0.15) is 0 Å². The number of anilines is 1. The van der Waals surface area contributed by atoms with Gasteiger partial charge in [-0.1, -0.05) is 29.8 Å². The van der Waals surface area contributed by atoms with E-state index in [4.69, 9.17) is 16.3 Å². The molecule has 4 heteroatoms. The zero-order chi connectivity index (χ0) is 16.8. The zero-order valence-electron chi connectivity index (χ0n) is 13.8. The van der Waals surface area contributed by atoms with Crippen LogP contribution in [-0.4, -0.2) is 12.5 Å². The van der Waals surface area contributed by atoms with Crippen LogP contribution < -0.4 is 10.1 Å². The van der Waals surface area contributed by atoms with Crippen molar-refractivity contribution in [1.82, 2.24) is 0 Å². The number of carbonyl (C=O) groups is 1. The average Bonchev–Trinajstić information content (AvgIpc) is 2.51. The average molecular weight is 332 g/mol. The Morgan fingerprint density at radius 3 is 2.65 bits per heavy atom. The van der Waals surface area contributed by atoms with Crippen molar-refractivity contribution >= 4 is 23.2 Å². The first-order valence-corrected chi connectivity index (χ1v) is 8.10. The van der Waals surface area contributed by atoms with E-state index in [-0.39, 0.29) is 5.91 Å². The molecule has 0 aliphatic rings. The quantitative estimate of drug-likeness (QED) is 0.751. The van der Waals surface area contributed by atoms with Gasteiger partial charge in [0.25, 0.3) is 0 Å². The van der Waals surface area contributed by atoms with Crippen LogP contribution in [-0.2, 0) is 4.79 Å². The molecule has 1 N–H and O–H groups in total. The molecule has 122 valence electrons. The van der Waals surface area contributed by atoms with Gasteiger partial charge in [-0.25, -0.2) is 0 Å². The minimum absolute atomic E-state index is 0.0329. The van der Waals surface area contributed by atoms with Gasteiger partial charge in [0.1, 0.15) is 5.75 Å². The number of aryl methyl sites for hydroxylation is 2. The minimum atomic E-state index is -0.0329. The van der Waals surface area contributed by atoms with E-state index >= 15 is 0 Å². The Bertz CT molecular complexity index is 698. The second-order valence-electron chi connectivity index (χ2n) is 5.66. The number of amides is 1. The lowest BCUT2D eigenvalue weighted by atomic mass is 10.1. The lowest BCUT2D eigenvalue weighted by Crippen LogP contribution is -2.13. The van der Waals surface area contributed by atoms with E-state index in [2.05, 4.69) is 18.3 Å². The van der Waals surface area contributed by atoms with Crippen LogP contribution in [0.4, 0.5) is 5.69 Å². The molecule has 0 aromatic heterocycles. The summed E-state index contributed by atoms with van der Waals surface area (Å²) in [6.45, 7) is 6.55. The third-order valence-corrected chi connectivity index (χ3v) is 4.22. The monoisotopic (exact) mass is 331 g/mol. The number of ether oxygens (including phenoxy) is 1. The van der Waals surface area contributed by atoms with E-state index in [1.807, 2.05) is 38.1 Å². The number of benzene rings is 2. The molecule has 0 spiro atoms. The van der Waals surface area contributed by atoms with Crippen molar-refractivity contribution in [3.8, 4) is 5.75 Å². The van der Waals surface area contributed by atoms with Crippen LogP contribution in [0, 0.1) is 20.8 Å². The highest BCUT2D eigenvalue weighted by atomic mass is 35.5. The van der Waals surface area contributed by atoms with E-state index in [0.717, 1.165) is 22.6 Å². The summed E-state index contributed by atoms with van der Waals surface area (Å²) < 4.78 is 5.75. The number of rotatable bonds is 6. The van der Waals surface area contributed by atoms with Crippen molar-refractivity contribution in [3.63, 3.8) is 0 Å². The Hall–Kier alpha value is -2.00. The standard InChI is InChI=1S/C19H22ClNO2/c1-13-6-4-7-18(15(13)3)23-11-5-8-19(22)21-16-10-9-14(2)17(20)12-16/h4,6-7,9-10,12H,5,8,11H2,1-3H3,(H,21,22). The first kappa shape index (κ1) is 17.4. The molecule has 2 rings (SSSR count). The summed E-state index contributed by atoms with van der Waals surface area (Å²) in [5, 5.41) is 3.50. The maximum atomic E-state index is 11.9. The molecule has 3 nitrogen and oxygen atoms in total. The fraction of sp³-hybridized carbons (Fsp3) is 0.316. The fourth-order valence-electron chi connectivity index (χ4n) is 2.19. The smallest absolute Gasteiger partial charge is 0.224 e. The molecule has 0 atom stereocenters. The fourth-order valence-corrected chi connectivity index (χ4v) is 2.37. The molecule has 0 aliphatic carbocycles. The van der Waals surface area contributed by atoms with E-state index in [0.29, 0.717) is 24.5 Å². The first-order valence-electron chi connectivity index (χ1n) is 7.72. The Balaban J connectivity index is 1.76. The van der Waals surface area contributed by atoms with Gasteiger partial charge in [-0.05, 0) is 62.1 Å². The SMILES string of the molecule is Cc1ccc(NC(=O)CCCOc2cccc(C)c2C)cc1Cl. The summed E-state index contributed by atoms with van der Waals surface area (Å²) in [6, 6.07) is 11.5. The van der Waals surface area contributed by atoms with E-state index < -0.39 is 0 Å². The number of nitrogens with one attached hydrogen (secondary N) is 1. The van der Waals surface area contributed by atoms with Gasteiger partial charge in [0.05, 0.1) is 6.61 Å². The third kappa shape index (κ3) is 5.00. The van der Waals surface area contributed by atoms with Gasteiger partial charge >= 0.3 is 0 Å². The summed E-state index contributed by atoms with van der Waals surface area (Å²) in [5.74, 6) is 0.852. The van der Waals surface area contributed by atoms with Crippen molar-refractivity contribution in [1.29, 1.82) is 0 Å². The maximum absolute atomic E-state index is 11.9. The molecule has 1 amide bonds. The van der Waals surface area contributed by atoms with E-state index in [1.165, 1.54) is 5.56 Å². The molecular formula is C19H22ClNO2. The largest absolute Gasteiger partial charge is 0.493 e.